The maximum atomic E-state index is 12.8. The molecule has 0 radical (unpaired) electrons. The summed E-state index contributed by atoms with van der Waals surface area (Å²) in [5.41, 5.74) is 5.02. The van der Waals surface area contributed by atoms with Crippen LogP contribution < -0.4 is 15.2 Å². The number of rotatable bonds is 7. The molecule has 1 aromatic heterocycles. The van der Waals surface area contributed by atoms with E-state index in [1.807, 2.05) is 0 Å². The first kappa shape index (κ1) is 20.0. The van der Waals surface area contributed by atoms with Gasteiger partial charge in [0, 0.05) is 25.4 Å². The van der Waals surface area contributed by atoms with Crippen LogP contribution in [0.1, 0.15) is 18.7 Å². The number of nitrogens with zero attached hydrogens (tertiary/aromatic N) is 3. The zero-order valence-corrected chi connectivity index (χ0v) is 16.3. The molecule has 28 heavy (non-hydrogen) atoms. The standard InChI is InChI=1S/C18H22N4O5S/c1-13-20-9-6-18(21-13)27-15-7-10-22(11-8-15)28(24,25)16-4-2-14(3-5-16)26-12-17(19)23/h2-6,9,15H,7-8,10-12H2,1H3,(H2,19,23). The third kappa shape index (κ3) is 4.96. The number of carbonyl (C=O) groups is 1. The fraction of sp³-hybridized carbons (Fsp3) is 0.389. The Morgan fingerprint density at radius 3 is 2.50 bits per heavy atom. The summed E-state index contributed by atoms with van der Waals surface area (Å²) < 4.78 is 38.1. The molecule has 1 aromatic carbocycles. The van der Waals surface area contributed by atoms with Crippen LogP contribution in [0.3, 0.4) is 0 Å². The average Bonchev–Trinajstić information content (AvgIpc) is 2.67. The number of sulfonamides is 1. The van der Waals surface area contributed by atoms with E-state index in [4.69, 9.17) is 15.2 Å². The van der Waals surface area contributed by atoms with Crippen molar-refractivity contribution < 1.29 is 22.7 Å². The van der Waals surface area contributed by atoms with E-state index >= 15 is 0 Å². The number of hydrogen-bond donors (Lipinski definition) is 1. The van der Waals surface area contributed by atoms with E-state index < -0.39 is 15.9 Å². The van der Waals surface area contributed by atoms with Gasteiger partial charge < -0.3 is 15.2 Å². The zero-order valence-electron chi connectivity index (χ0n) is 15.4. The third-order valence-corrected chi connectivity index (χ3v) is 6.19. The number of hydrogen-bond acceptors (Lipinski definition) is 7. The lowest BCUT2D eigenvalue weighted by Gasteiger charge is -2.31. The highest BCUT2D eigenvalue weighted by Crippen LogP contribution is 2.24. The van der Waals surface area contributed by atoms with Gasteiger partial charge >= 0.3 is 0 Å². The molecule has 1 aliphatic heterocycles. The van der Waals surface area contributed by atoms with Gasteiger partial charge in [-0.2, -0.15) is 9.29 Å². The Bertz CT molecular complexity index is 925. The second-order valence-electron chi connectivity index (χ2n) is 6.39. The molecule has 0 saturated carbocycles. The first-order chi connectivity index (χ1) is 13.3. The Morgan fingerprint density at radius 2 is 1.89 bits per heavy atom. The van der Waals surface area contributed by atoms with Crippen molar-refractivity contribution in [2.75, 3.05) is 19.7 Å². The number of nitrogens with two attached hydrogens (primary N) is 1. The van der Waals surface area contributed by atoms with E-state index in [1.54, 1.807) is 19.2 Å². The minimum Gasteiger partial charge on any atom is -0.484 e. The van der Waals surface area contributed by atoms with Crippen molar-refractivity contribution in [1.29, 1.82) is 0 Å². The van der Waals surface area contributed by atoms with Gasteiger partial charge in [-0.1, -0.05) is 0 Å². The number of piperidine rings is 1. The minimum absolute atomic E-state index is 0.0923. The predicted molar refractivity (Wildman–Crippen MR) is 100 cm³/mol. The Hall–Kier alpha value is -2.72. The average molecular weight is 406 g/mol. The van der Waals surface area contributed by atoms with E-state index in [1.165, 1.54) is 28.6 Å². The van der Waals surface area contributed by atoms with Crippen LogP contribution in [-0.4, -0.2) is 54.4 Å². The lowest BCUT2D eigenvalue weighted by atomic mass is 10.1. The fourth-order valence-electron chi connectivity index (χ4n) is 2.87. The summed E-state index contributed by atoms with van der Waals surface area (Å²) >= 11 is 0. The minimum atomic E-state index is -3.61. The summed E-state index contributed by atoms with van der Waals surface area (Å²) in [6.45, 7) is 2.24. The summed E-state index contributed by atoms with van der Waals surface area (Å²) in [4.78, 5) is 19.1. The largest absolute Gasteiger partial charge is 0.484 e. The molecule has 10 heteroatoms. The molecular formula is C18H22N4O5S. The second-order valence-corrected chi connectivity index (χ2v) is 8.33. The number of ether oxygens (including phenoxy) is 2. The highest BCUT2D eigenvalue weighted by atomic mass is 32.2. The van der Waals surface area contributed by atoms with Crippen molar-refractivity contribution in [2.45, 2.75) is 30.8 Å². The van der Waals surface area contributed by atoms with Crippen LogP contribution in [0.4, 0.5) is 0 Å². The molecule has 2 heterocycles. The van der Waals surface area contributed by atoms with Crippen LogP contribution in [0, 0.1) is 6.92 Å². The van der Waals surface area contributed by atoms with Gasteiger partial charge in [0.25, 0.3) is 5.91 Å². The molecular weight excluding hydrogens is 384 g/mol. The maximum Gasteiger partial charge on any atom is 0.255 e. The van der Waals surface area contributed by atoms with E-state index in [2.05, 4.69) is 9.97 Å². The highest BCUT2D eigenvalue weighted by Gasteiger charge is 2.30. The van der Waals surface area contributed by atoms with Crippen molar-refractivity contribution in [1.82, 2.24) is 14.3 Å². The number of carbonyl (C=O) groups excluding carboxylic acids is 1. The monoisotopic (exact) mass is 406 g/mol. The first-order valence-electron chi connectivity index (χ1n) is 8.82. The number of aromatic nitrogens is 2. The van der Waals surface area contributed by atoms with Gasteiger partial charge in [0.15, 0.2) is 6.61 Å². The quantitative estimate of drug-likeness (QED) is 0.723. The fourth-order valence-corrected chi connectivity index (χ4v) is 4.34. The molecule has 1 amide bonds. The summed E-state index contributed by atoms with van der Waals surface area (Å²) in [5, 5.41) is 0. The molecule has 0 aliphatic carbocycles. The van der Waals surface area contributed by atoms with Crippen LogP contribution in [-0.2, 0) is 14.8 Å². The summed E-state index contributed by atoms with van der Waals surface area (Å²) in [7, 11) is -3.61. The Labute approximate surface area is 163 Å². The van der Waals surface area contributed by atoms with Crippen LogP contribution in [0.25, 0.3) is 0 Å². The molecule has 9 nitrogen and oxygen atoms in total. The maximum absolute atomic E-state index is 12.8. The zero-order chi connectivity index (χ0) is 20.1. The highest BCUT2D eigenvalue weighted by molar-refractivity contribution is 7.89. The summed E-state index contributed by atoms with van der Waals surface area (Å²) in [6.07, 6.45) is 2.68. The number of benzene rings is 1. The van der Waals surface area contributed by atoms with Gasteiger partial charge in [-0.15, -0.1) is 0 Å². The van der Waals surface area contributed by atoms with Gasteiger partial charge in [-0.05, 0) is 44.0 Å². The molecule has 1 saturated heterocycles. The summed E-state index contributed by atoms with van der Waals surface area (Å²) in [6, 6.07) is 7.61. The Kier molecular flexibility index (Phi) is 6.10. The molecule has 3 rings (SSSR count). The van der Waals surface area contributed by atoms with Crippen molar-refractivity contribution in [2.24, 2.45) is 5.73 Å². The Morgan fingerprint density at radius 1 is 1.21 bits per heavy atom. The van der Waals surface area contributed by atoms with Crippen molar-refractivity contribution >= 4 is 15.9 Å². The molecule has 0 atom stereocenters. The van der Waals surface area contributed by atoms with Crippen molar-refractivity contribution in [3.05, 3.63) is 42.4 Å². The molecule has 0 unspecified atom stereocenters. The lowest BCUT2D eigenvalue weighted by Crippen LogP contribution is -2.41. The molecule has 0 bridgehead atoms. The van der Waals surface area contributed by atoms with Crippen LogP contribution in [0.2, 0.25) is 0 Å². The summed E-state index contributed by atoms with van der Waals surface area (Å²) in [5.74, 6) is 0.907. The van der Waals surface area contributed by atoms with Gasteiger partial charge in [0.1, 0.15) is 17.7 Å². The number of amides is 1. The van der Waals surface area contributed by atoms with E-state index in [-0.39, 0.29) is 17.6 Å². The molecule has 1 fully saturated rings. The van der Waals surface area contributed by atoms with Gasteiger partial charge in [-0.3, -0.25) is 4.79 Å². The predicted octanol–water partition coefficient (Wildman–Crippen LogP) is 0.881. The van der Waals surface area contributed by atoms with Gasteiger partial charge in [-0.25, -0.2) is 13.4 Å². The molecule has 1 aliphatic rings. The van der Waals surface area contributed by atoms with Gasteiger partial charge in [0.05, 0.1) is 4.90 Å². The van der Waals surface area contributed by atoms with Gasteiger partial charge in [0.2, 0.25) is 15.9 Å². The molecule has 2 aromatic rings. The van der Waals surface area contributed by atoms with Crippen molar-refractivity contribution in [3.8, 4) is 11.6 Å². The van der Waals surface area contributed by atoms with E-state index in [9.17, 15) is 13.2 Å². The third-order valence-electron chi connectivity index (χ3n) is 4.28. The molecule has 2 N–H and O–H groups in total. The molecule has 150 valence electrons. The first-order valence-corrected chi connectivity index (χ1v) is 10.3. The SMILES string of the molecule is Cc1nccc(OC2CCN(S(=O)(=O)c3ccc(OCC(N)=O)cc3)CC2)n1. The molecule has 0 spiro atoms. The normalized spacial score (nSPS) is 15.9. The Balaban J connectivity index is 1.58. The van der Waals surface area contributed by atoms with Crippen LogP contribution in [0.5, 0.6) is 11.6 Å². The van der Waals surface area contributed by atoms with Crippen molar-refractivity contribution in [3.63, 3.8) is 0 Å². The van der Waals surface area contributed by atoms with E-state index in [0.29, 0.717) is 43.4 Å². The smallest absolute Gasteiger partial charge is 0.255 e. The van der Waals surface area contributed by atoms with E-state index in [0.717, 1.165) is 0 Å². The topological polar surface area (TPSA) is 125 Å². The second kappa shape index (κ2) is 8.53. The van der Waals surface area contributed by atoms with Crippen LogP contribution >= 0.6 is 0 Å². The van der Waals surface area contributed by atoms with Crippen LogP contribution in [0.15, 0.2) is 41.4 Å². The number of primary amides is 1. The lowest BCUT2D eigenvalue weighted by molar-refractivity contribution is -0.119. The number of aryl methyl sites for hydroxylation is 1.